The number of rotatable bonds is 11. The van der Waals surface area contributed by atoms with Crippen LogP contribution in [-0.4, -0.2) is 53.4 Å². The number of carbonyl (C=O) groups excluding carboxylic acids is 1. The van der Waals surface area contributed by atoms with Crippen molar-refractivity contribution in [3.05, 3.63) is 71.6 Å². The van der Waals surface area contributed by atoms with Crippen molar-refractivity contribution in [1.82, 2.24) is 9.88 Å². The third-order valence-electron chi connectivity index (χ3n) is 6.67. The van der Waals surface area contributed by atoms with E-state index in [0.29, 0.717) is 44.4 Å². The van der Waals surface area contributed by atoms with Crippen LogP contribution in [0.1, 0.15) is 49.1 Å². The summed E-state index contributed by atoms with van der Waals surface area (Å²) < 4.78 is 17.2. The van der Waals surface area contributed by atoms with E-state index in [1.807, 2.05) is 68.4 Å². The van der Waals surface area contributed by atoms with Crippen molar-refractivity contribution in [2.24, 2.45) is 5.92 Å². The monoisotopic (exact) mass is 506 g/mol. The molecule has 3 aromatic rings. The molecule has 0 radical (unpaired) electrons. The van der Waals surface area contributed by atoms with Crippen LogP contribution in [0.15, 0.2) is 59.0 Å². The number of benzene rings is 2. The fourth-order valence-corrected chi connectivity index (χ4v) is 4.69. The second-order valence-electron chi connectivity index (χ2n) is 9.40. The maximum Gasteiger partial charge on any atom is 0.409 e. The highest BCUT2D eigenvalue weighted by molar-refractivity contribution is 5.70. The molecule has 2 atom stereocenters. The number of amides is 1. The predicted molar refractivity (Wildman–Crippen MR) is 139 cm³/mol. The number of aromatic nitrogens is 1. The number of oxazole rings is 1. The molecule has 0 unspecified atom stereocenters. The van der Waals surface area contributed by atoms with Crippen molar-refractivity contribution in [2.45, 2.75) is 45.4 Å². The van der Waals surface area contributed by atoms with Gasteiger partial charge in [0, 0.05) is 31.0 Å². The third kappa shape index (κ3) is 6.90. The summed E-state index contributed by atoms with van der Waals surface area (Å²) in [5, 5.41) is 9.44. The lowest BCUT2D eigenvalue weighted by Crippen LogP contribution is -2.30. The molecule has 1 saturated heterocycles. The molecule has 1 aliphatic rings. The highest BCUT2D eigenvalue weighted by Gasteiger charge is 2.38. The standard InChI is InChI=1S/C29H34N2O6/c1-3-4-14-36-29(34)31-18-23(17-27(32)33)25(19-31)22-11-8-12-24(16-22)35-15-13-26-20(2)37-28(30-26)21-9-6-5-7-10-21/h5-12,16,23,25H,3-4,13-15,17-19H2,1-2H3,(H,32,33)/t23-,25-/m0/s1. The van der Waals surface area contributed by atoms with Crippen LogP contribution in [0.5, 0.6) is 5.75 Å². The number of aliphatic carboxylic acids is 1. The molecule has 1 N–H and O–H groups in total. The van der Waals surface area contributed by atoms with Crippen LogP contribution >= 0.6 is 0 Å². The molecule has 37 heavy (non-hydrogen) atoms. The maximum absolute atomic E-state index is 12.5. The van der Waals surface area contributed by atoms with Gasteiger partial charge in [0.05, 0.1) is 25.3 Å². The molecule has 1 aromatic heterocycles. The van der Waals surface area contributed by atoms with Crippen molar-refractivity contribution >= 4 is 12.1 Å². The maximum atomic E-state index is 12.5. The molecule has 8 heteroatoms. The van der Waals surface area contributed by atoms with Gasteiger partial charge in [-0.15, -0.1) is 0 Å². The summed E-state index contributed by atoms with van der Waals surface area (Å²) in [7, 11) is 0. The van der Waals surface area contributed by atoms with Gasteiger partial charge >= 0.3 is 12.1 Å². The van der Waals surface area contributed by atoms with Crippen molar-refractivity contribution < 1.29 is 28.6 Å². The first-order valence-corrected chi connectivity index (χ1v) is 12.8. The lowest BCUT2D eigenvalue weighted by molar-refractivity contribution is -0.138. The fourth-order valence-electron chi connectivity index (χ4n) is 4.69. The first-order chi connectivity index (χ1) is 17.9. The minimum Gasteiger partial charge on any atom is -0.493 e. The van der Waals surface area contributed by atoms with Crippen LogP contribution in [0, 0.1) is 12.8 Å². The second-order valence-corrected chi connectivity index (χ2v) is 9.40. The van der Waals surface area contributed by atoms with E-state index in [1.54, 1.807) is 4.90 Å². The lowest BCUT2D eigenvalue weighted by Gasteiger charge is -2.18. The second kappa shape index (κ2) is 12.4. The van der Waals surface area contributed by atoms with Crippen molar-refractivity contribution in [3.8, 4) is 17.2 Å². The molecule has 0 saturated carbocycles. The zero-order valence-corrected chi connectivity index (χ0v) is 21.4. The molecule has 0 bridgehead atoms. The number of ether oxygens (including phenoxy) is 2. The summed E-state index contributed by atoms with van der Waals surface area (Å²) >= 11 is 0. The first-order valence-electron chi connectivity index (χ1n) is 12.8. The highest BCUT2D eigenvalue weighted by Crippen LogP contribution is 2.36. The van der Waals surface area contributed by atoms with Gasteiger partial charge in [0.15, 0.2) is 0 Å². The Morgan fingerprint density at radius 3 is 2.68 bits per heavy atom. The minimum absolute atomic E-state index is 0.0102. The number of unbranched alkanes of at least 4 members (excludes halogenated alkanes) is 1. The van der Waals surface area contributed by atoms with Crippen molar-refractivity contribution in [3.63, 3.8) is 0 Å². The van der Waals surface area contributed by atoms with E-state index in [1.165, 1.54) is 0 Å². The Labute approximate surface area is 217 Å². The summed E-state index contributed by atoms with van der Waals surface area (Å²) in [6.45, 7) is 5.52. The van der Waals surface area contributed by atoms with E-state index in [4.69, 9.17) is 13.9 Å². The van der Waals surface area contributed by atoms with Crippen molar-refractivity contribution in [2.75, 3.05) is 26.3 Å². The Hall–Kier alpha value is -3.81. The number of carbonyl (C=O) groups is 2. The molecule has 196 valence electrons. The van der Waals surface area contributed by atoms with Gasteiger partial charge in [-0.25, -0.2) is 9.78 Å². The van der Waals surface area contributed by atoms with Crippen LogP contribution in [-0.2, 0) is 16.0 Å². The molecular formula is C29H34N2O6. The Bertz CT molecular complexity index is 1190. The number of carboxylic acids is 1. The number of likely N-dealkylation sites (tertiary alicyclic amines) is 1. The lowest BCUT2D eigenvalue weighted by atomic mass is 9.87. The highest BCUT2D eigenvalue weighted by atomic mass is 16.6. The smallest absolute Gasteiger partial charge is 0.409 e. The van der Waals surface area contributed by atoms with Crippen LogP contribution in [0.2, 0.25) is 0 Å². The third-order valence-corrected chi connectivity index (χ3v) is 6.67. The predicted octanol–water partition coefficient (Wildman–Crippen LogP) is 5.70. The van der Waals surface area contributed by atoms with E-state index in [0.717, 1.165) is 35.4 Å². The molecule has 1 fully saturated rings. The minimum atomic E-state index is -0.874. The summed E-state index contributed by atoms with van der Waals surface area (Å²) in [6, 6.07) is 17.5. The Balaban J connectivity index is 1.39. The average molecular weight is 507 g/mol. The van der Waals surface area contributed by atoms with Crippen molar-refractivity contribution in [1.29, 1.82) is 0 Å². The SMILES string of the molecule is CCCCOC(=O)N1C[C@H](CC(=O)O)[C@H](c2cccc(OCCc3nc(-c4ccccc4)oc3C)c2)C1. The van der Waals surface area contributed by atoms with E-state index in [9.17, 15) is 14.7 Å². The van der Waals surface area contributed by atoms with Gasteiger partial charge in [-0.2, -0.15) is 0 Å². The zero-order chi connectivity index (χ0) is 26.2. The van der Waals surface area contributed by atoms with Gasteiger partial charge in [0.2, 0.25) is 5.89 Å². The average Bonchev–Trinajstić information content (AvgIpc) is 3.48. The molecule has 2 heterocycles. The number of carboxylic acid groups (broad SMARTS) is 1. The van der Waals surface area contributed by atoms with Gasteiger partial charge in [-0.1, -0.05) is 43.7 Å². The quantitative estimate of drug-likeness (QED) is 0.333. The summed E-state index contributed by atoms with van der Waals surface area (Å²) in [4.78, 5) is 30.3. The normalized spacial score (nSPS) is 17.1. The van der Waals surface area contributed by atoms with E-state index < -0.39 is 5.97 Å². The molecule has 2 aromatic carbocycles. The molecule has 1 amide bonds. The molecule has 1 aliphatic heterocycles. The van der Waals surface area contributed by atoms with Crippen LogP contribution in [0.25, 0.3) is 11.5 Å². The Morgan fingerprint density at radius 1 is 1.11 bits per heavy atom. The van der Waals surface area contributed by atoms with Gasteiger partial charge in [0.25, 0.3) is 0 Å². The topological polar surface area (TPSA) is 102 Å². The Morgan fingerprint density at radius 2 is 1.92 bits per heavy atom. The van der Waals surface area contributed by atoms with Crippen LogP contribution in [0.4, 0.5) is 4.79 Å². The van der Waals surface area contributed by atoms with E-state index in [2.05, 4.69) is 4.98 Å². The van der Waals surface area contributed by atoms with E-state index >= 15 is 0 Å². The zero-order valence-electron chi connectivity index (χ0n) is 21.4. The summed E-state index contributed by atoms with van der Waals surface area (Å²) in [6.07, 6.45) is 1.95. The largest absolute Gasteiger partial charge is 0.493 e. The fraction of sp³-hybridized carbons (Fsp3) is 0.414. The van der Waals surface area contributed by atoms with Crippen LogP contribution < -0.4 is 4.74 Å². The molecule has 4 rings (SSSR count). The molecule has 8 nitrogen and oxygen atoms in total. The van der Waals surface area contributed by atoms with Gasteiger partial charge in [-0.3, -0.25) is 4.79 Å². The summed E-state index contributed by atoms with van der Waals surface area (Å²) in [5.41, 5.74) is 2.74. The van der Waals surface area contributed by atoms with Gasteiger partial charge in [0.1, 0.15) is 11.5 Å². The van der Waals surface area contributed by atoms with Gasteiger partial charge in [-0.05, 0) is 49.1 Å². The molecule has 0 aliphatic carbocycles. The molecular weight excluding hydrogens is 472 g/mol. The van der Waals surface area contributed by atoms with Crippen LogP contribution in [0.3, 0.4) is 0 Å². The first kappa shape index (κ1) is 26.3. The molecule has 0 spiro atoms. The number of hydrogen-bond acceptors (Lipinski definition) is 6. The van der Waals surface area contributed by atoms with E-state index in [-0.39, 0.29) is 24.3 Å². The van der Waals surface area contributed by atoms with Gasteiger partial charge < -0.3 is 23.9 Å². The number of aryl methyl sites for hydroxylation is 1. The number of nitrogens with zero attached hydrogens (tertiary/aromatic N) is 2. The number of hydrogen-bond donors (Lipinski definition) is 1. The summed E-state index contributed by atoms with van der Waals surface area (Å²) in [5.74, 6) is 0.884. The Kier molecular flexibility index (Phi) is 8.82.